The molecule has 6 heteroatoms. The second-order valence-electron chi connectivity index (χ2n) is 6.36. The van der Waals surface area contributed by atoms with E-state index in [1.165, 1.54) is 12.8 Å². The smallest absolute Gasteiger partial charge is 0.163 e. The average Bonchev–Trinajstić information content (AvgIpc) is 2.95. The predicted octanol–water partition coefficient (Wildman–Crippen LogP) is 2.17. The molecule has 1 fully saturated rings. The van der Waals surface area contributed by atoms with Crippen molar-refractivity contribution in [3.8, 4) is 0 Å². The molecule has 1 saturated heterocycles. The molecule has 0 unspecified atom stereocenters. The molecule has 6 nitrogen and oxygen atoms in total. The Morgan fingerprint density at radius 3 is 2.81 bits per heavy atom. The highest BCUT2D eigenvalue weighted by Crippen LogP contribution is 2.30. The zero-order valence-corrected chi connectivity index (χ0v) is 13.3. The van der Waals surface area contributed by atoms with Gasteiger partial charge in [-0.15, -0.1) is 0 Å². The van der Waals surface area contributed by atoms with Crippen LogP contribution in [0, 0.1) is 0 Å². The van der Waals surface area contributed by atoms with Crippen LogP contribution in [0.1, 0.15) is 39.4 Å². The summed E-state index contributed by atoms with van der Waals surface area (Å²) in [5.41, 5.74) is 1.14. The first-order chi connectivity index (χ1) is 10.0. The van der Waals surface area contributed by atoms with Crippen molar-refractivity contribution in [2.45, 2.75) is 45.7 Å². The highest BCUT2D eigenvalue weighted by molar-refractivity contribution is 5.86. The first kappa shape index (κ1) is 14.3. The Labute approximate surface area is 125 Å². The number of hydrogen-bond acceptors (Lipinski definition) is 5. The van der Waals surface area contributed by atoms with Gasteiger partial charge in [-0.05, 0) is 40.2 Å². The Bertz CT molecular complexity index is 645. The third kappa shape index (κ3) is 2.60. The number of rotatable bonds is 4. The molecule has 1 aliphatic rings. The minimum atomic E-state index is 0.239. The van der Waals surface area contributed by atoms with E-state index in [-0.39, 0.29) is 5.54 Å². The molecule has 0 aliphatic carbocycles. The molecule has 2 aromatic rings. The lowest BCUT2D eigenvalue weighted by Gasteiger charge is -2.30. The van der Waals surface area contributed by atoms with E-state index >= 15 is 0 Å². The lowest BCUT2D eigenvalue weighted by Crippen LogP contribution is -2.38. The molecule has 0 radical (unpaired) electrons. The van der Waals surface area contributed by atoms with Crippen molar-refractivity contribution in [3.63, 3.8) is 0 Å². The molecule has 0 saturated carbocycles. The summed E-state index contributed by atoms with van der Waals surface area (Å²) < 4.78 is 1.82. The van der Waals surface area contributed by atoms with Crippen LogP contribution >= 0.6 is 0 Å². The van der Waals surface area contributed by atoms with E-state index in [9.17, 15) is 0 Å². The summed E-state index contributed by atoms with van der Waals surface area (Å²) in [5.74, 6) is 1.76. The van der Waals surface area contributed by atoms with Crippen molar-refractivity contribution in [1.82, 2.24) is 24.6 Å². The summed E-state index contributed by atoms with van der Waals surface area (Å²) in [7, 11) is 1.93. The maximum Gasteiger partial charge on any atom is 0.163 e. The summed E-state index contributed by atoms with van der Waals surface area (Å²) in [6.45, 7) is 9.44. The van der Waals surface area contributed by atoms with Gasteiger partial charge in [0.1, 0.15) is 11.6 Å². The molecule has 1 aliphatic heterocycles. The normalized spacial score (nSPS) is 18.5. The van der Waals surface area contributed by atoms with Gasteiger partial charge < -0.3 is 5.32 Å². The van der Waals surface area contributed by atoms with Crippen molar-refractivity contribution in [3.05, 3.63) is 12.0 Å². The fourth-order valence-electron chi connectivity index (χ4n) is 3.07. The lowest BCUT2D eigenvalue weighted by atomic mass is 10.0. The van der Waals surface area contributed by atoms with E-state index in [0.717, 1.165) is 42.3 Å². The highest BCUT2D eigenvalue weighted by Gasteiger charge is 2.32. The Kier molecular flexibility index (Phi) is 3.57. The van der Waals surface area contributed by atoms with E-state index < -0.39 is 0 Å². The number of anilines is 1. The minimum Gasteiger partial charge on any atom is -0.370 e. The molecule has 0 bridgehead atoms. The molecule has 0 atom stereocenters. The van der Waals surface area contributed by atoms with Crippen LogP contribution in [-0.4, -0.2) is 43.3 Å². The van der Waals surface area contributed by atoms with Gasteiger partial charge in [0, 0.05) is 19.1 Å². The van der Waals surface area contributed by atoms with Gasteiger partial charge in [-0.3, -0.25) is 9.58 Å². The highest BCUT2D eigenvalue weighted by atomic mass is 15.3. The molecule has 0 spiro atoms. The Morgan fingerprint density at radius 2 is 2.14 bits per heavy atom. The van der Waals surface area contributed by atoms with Gasteiger partial charge in [0.15, 0.2) is 5.65 Å². The zero-order valence-electron chi connectivity index (χ0n) is 13.3. The SMILES string of the molecule is CCNc1nc(CN2CCCC2(C)C)nc2c1cnn2C. The number of nitrogens with zero attached hydrogens (tertiary/aromatic N) is 5. The summed E-state index contributed by atoms with van der Waals surface area (Å²) in [4.78, 5) is 11.9. The number of fused-ring (bicyclic) bond motifs is 1. The van der Waals surface area contributed by atoms with Crippen LogP contribution < -0.4 is 5.32 Å². The zero-order chi connectivity index (χ0) is 15.0. The van der Waals surface area contributed by atoms with Gasteiger partial charge in [-0.1, -0.05) is 0 Å². The van der Waals surface area contributed by atoms with Gasteiger partial charge in [0.25, 0.3) is 0 Å². The van der Waals surface area contributed by atoms with Crippen LogP contribution in [0.5, 0.6) is 0 Å². The van der Waals surface area contributed by atoms with Crippen molar-refractivity contribution in [2.75, 3.05) is 18.4 Å². The molecule has 2 aromatic heterocycles. The summed E-state index contributed by atoms with van der Waals surface area (Å²) in [6, 6.07) is 0. The largest absolute Gasteiger partial charge is 0.370 e. The Hall–Kier alpha value is -1.69. The molecule has 3 heterocycles. The van der Waals surface area contributed by atoms with E-state index in [1.54, 1.807) is 0 Å². The third-order valence-electron chi connectivity index (χ3n) is 4.39. The quantitative estimate of drug-likeness (QED) is 0.934. The second kappa shape index (κ2) is 5.26. The number of nitrogens with one attached hydrogen (secondary N) is 1. The van der Waals surface area contributed by atoms with Crippen LogP contribution in [0.4, 0.5) is 5.82 Å². The van der Waals surface area contributed by atoms with Crippen molar-refractivity contribution < 1.29 is 0 Å². The Balaban J connectivity index is 1.96. The maximum atomic E-state index is 4.72. The van der Waals surface area contributed by atoms with Crippen molar-refractivity contribution >= 4 is 16.9 Å². The fraction of sp³-hybridized carbons (Fsp3) is 0.667. The van der Waals surface area contributed by atoms with Gasteiger partial charge in [-0.2, -0.15) is 5.10 Å². The van der Waals surface area contributed by atoms with E-state index in [2.05, 4.69) is 36.1 Å². The van der Waals surface area contributed by atoms with Crippen LogP contribution in [0.25, 0.3) is 11.0 Å². The van der Waals surface area contributed by atoms with Gasteiger partial charge in [-0.25, -0.2) is 9.97 Å². The van der Waals surface area contributed by atoms with Gasteiger partial charge >= 0.3 is 0 Å². The first-order valence-electron chi connectivity index (χ1n) is 7.69. The predicted molar refractivity (Wildman–Crippen MR) is 84.2 cm³/mol. The molecule has 1 N–H and O–H groups in total. The fourth-order valence-corrected chi connectivity index (χ4v) is 3.07. The van der Waals surface area contributed by atoms with Crippen LogP contribution in [0.15, 0.2) is 6.20 Å². The van der Waals surface area contributed by atoms with Crippen molar-refractivity contribution in [2.24, 2.45) is 7.05 Å². The summed E-state index contributed by atoms with van der Waals surface area (Å²) in [5, 5.41) is 8.62. The minimum absolute atomic E-state index is 0.239. The van der Waals surface area contributed by atoms with Gasteiger partial charge in [0.05, 0.1) is 18.1 Å². The summed E-state index contributed by atoms with van der Waals surface area (Å²) in [6.07, 6.45) is 4.32. The van der Waals surface area contributed by atoms with Crippen LogP contribution in [0.3, 0.4) is 0 Å². The molecular weight excluding hydrogens is 264 g/mol. The van der Waals surface area contributed by atoms with E-state index in [0.29, 0.717) is 0 Å². The average molecular weight is 288 g/mol. The van der Waals surface area contributed by atoms with E-state index in [1.807, 2.05) is 17.9 Å². The maximum absolute atomic E-state index is 4.72. The molecular formula is C15H24N6. The molecule has 114 valence electrons. The summed E-state index contributed by atoms with van der Waals surface area (Å²) >= 11 is 0. The topological polar surface area (TPSA) is 58.9 Å². The van der Waals surface area contributed by atoms with Gasteiger partial charge in [0.2, 0.25) is 0 Å². The number of aromatic nitrogens is 4. The first-order valence-corrected chi connectivity index (χ1v) is 7.69. The molecule has 3 rings (SSSR count). The van der Waals surface area contributed by atoms with Crippen LogP contribution in [0.2, 0.25) is 0 Å². The Morgan fingerprint density at radius 1 is 1.33 bits per heavy atom. The molecule has 0 aromatic carbocycles. The van der Waals surface area contributed by atoms with Crippen LogP contribution in [-0.2, 0) is 13.6 Å². The number of aryl methyl sites for hydroxylation is 1. The third-order valence-corrected chi connectivity index (χ3v) is 4.39. The lowest BCUT2D eigenvalue weighted by molar-refractivity contribution is 0.162. The molecule has 0 amide bonds. The molecule has 21 heavy (non-hydrogen) atoms. The standard InChI is InChI=1S/C15H24N6/c1-5-16-13-11-9-17-20(4)14(11)19-12(18-13)10-21-8-6-7-15(21,2)3/h9H,5-8,10H2,1-4H3,(H,16,18,19). The number of likely N-dealkylation sites (tertiary alicyclic amines) is 1. The van der Waals surface area contributed by atoms with Crippen molar-refractivity contribution in [1.29, 1.82) is 0 Å². The van der Waals surface area contributed by atoms with E-state index in [4.69, 9.17) is 9.97 Å². The number of hydrogen-bond donors (Lipinski definition) is 1. The monoisotopic (exact) mass is 288 g/mol. The second-order valence-corrected chi connectivity index (χ2v) is 6.36.